The predicted octanol–water partition coefficient (Wildman–Crippen LogP) is 0.665. The van der Waals surface area contributed by atoms with Gasteiger partial charge >= 0.3 is 0 Å². The van der Waals surface area contributed by atoms with Gasteiger partial charge in [0.1, 0.15) is 16.9 Å². The van der Waals surface area contributed by atoms with Crippen LogP contribution >= 0.6 is 0 Å². The lowest BCUT2D eigenvalue weighted by atomic mass is 10.00. The number of carbonyl (C=O) groups excluding carboxylic acids is 1. The van der Waals surface area contributed by atoms with Crippen molar-refractivity contribution >= 4 is 26.7 Å². The minimum absolute atomic E-state index is 0.0787. The molecule has 2 unspecified atom stereocenters. The van der Waals surface area contributed by atoms with E-state index in [0.29, 0.717) is 16.9 Å². The molecule has 4 heterocycles. The van der Waals surface area contributed by atoms with Crippen LogP contribution in [0.1, 0.15) is 16.9 Å². The Labute approximate surface area is 133 Å². The van der Waals surface area contributed by atoms with E-state index in [4.69, 9.17) is 4.42 Å². The van der Waals surface area contributed by atoms with E-state index in [0.717, 1.165) is 32.3 Å². The monoisotopic (exact) mass is 335 g/mol. The Morgan fingerprint density at radius 3 is 2.91 bits per heavy atom. The molecule has 7 nitrogen and oxygen atoms in total. The predicted molar refractivity (Wildman–Crippen MR) is 82.9 cm³/mol. The summed E-state index contributed by atoms with van der Waals surface area (Å²) in [6.45, 7) is 3.02. The molecule has 1 amide bonds. The van der Waals surface area contributed by atoms with Gasteiger partial charge in [0.05, 0.1) is 6.20 Å². The second-order valence-corrected chi connectivity index (χ2v) is 8.31. The van der Waals surface area contributed by atoms with Crippen LogP contribution in [-0.4, -0.2) is 56.1 Å². The van der Waals surface area contributed by atoms with Crippen LogP contribution in [0.3, 0.4) is 0 Å². The van der Waals surface area contributed by atoms with E-state index in [2.05, 4.69) is 15.2 Å². The Morgan fingerprint density at radius 2 is 2.26 bits per heavy atom. The van der Waals surface area contributed by atoms with E-state index in [9.17, 15) is 13.2 Å². The lowest BCUT2D eigenvalue weighted by Crippen LogP contribution is -2.43. The molecule has 2 aliphatic rings. The number of hydrogen-bond donors (Lipinski definition) is 1. The highest BCUT2D eigenvalue weighted by molar-refractivity contribution is 7.91. The molecule has 2 aromatic heterocycles. The molecule has 2 aromatic rings. The standard InChI is InChI=1S/C15H17N3O4S/c1-23(20,21)14-8-22-13-5-16-11(4-10(13)14)15(19)17-12-7-18-3-2-9(12)6-18/h4-5,8-9,12H,2-3,6-7H2,1H3,(H,17,19)/t9-,12?/m0/s1. The first-order valence-corrected chi connectivity index (χ1v) is 9.41. The maximum absolute atomic E-state index is 12.4. The van der Waals surface area contributed by atoms with Crippen molar-refractivity contribution < 1.29 is 17.6 Å². The summed E-state index contributed by atoms with van der Waals surface area (Å²) in [4.78, 5) is 18.9. The van der Waals surface area contributed by atoms with Crippen LogP contribution in [0.5, 0.6) is 0 Å². The minimum atomic E-state index is -3.42. The van der Waals surface area contributed by atoms with Crippen LogP contribution in [-0.2, 0) is 9.84 Å². The third-order valence-corrected chi connectivity index (χ3v) is 5.82. The number of aromatic nitrogens is 1. The average Bonchev–Trinajstić information content (AvgIpc) is 3.20. The second-order valence-electron chi connectivity index (χ2n) is 6.33. The first kappa shape index (κ1) is 14.6. The lowest BCUT2D eigenvalue weighted by Gasteiger charge is -2.22. The number of pyridine rings is 1. The van der Waals surface area contributed by atoms with Crippen LogP contribution in [0.15, 0.2) is 27.8 Å². The van der Waals surface area contributed by atoms with Crippen molar-refractivity contribution in [2.45, 2.75) is 17.4 Å². The van der Waals surface area contributed by atoms with Crippen LogP contribution in [0, 0.1) is 5.92 Å². The summed E-state index contributed by atoms with van der Waals surface area (Å²) in [5, 5.41) is 3.41. The molecule has 4 rings (SSSR count). The maximum Gasteiger partial charge on any atom is 0.270 e. The van der Waals surface area contributed by atoms with Gasteiger partial charge in [-0.05, 0) is 24.9 Å². The van der Waals surface area contributed by atoms with Crippen LogP contribution in [0.4, 0.5) is 0 Å². The number of piperidine rings is 1. The van der Waals surface area contributed by atoms with Crippen molar-refractivity contribution in [1.29, 1.82) is 0 Å². The number of furan rings is 1. The van der Waals surface area contributed by atoms with Gasteiger partial charge in [-0.2, -0.15) is 0 Å². The number of nitrogens with one attached hydrogen (secondary N) is 1. The number of nitrogens with zero attached hydrogens (tertiary/aromatic N) is 2. The first-order valence-electron chi connectivity index (χ1n) is 7.52. The summed E-state index contributed by atoms with van der Waals surface area (Å²) < 4.78 is 28.7. The fourth-order valence-electron chi connectivity index (χ4n) is 3.51. The van der Waals surface area contributed by atoms with Gasteiger partial charge in [0.15, 0.2) is 15.4 Å². The molecule has 23 heavy (non-hydrogen) atoms. The van der Waals surface area contributed by atoms with Gasteiger partial charge in [-0.1, -0.05) is 0 Å². The zero-order chi connectivity index (χ0) is 16.2. The zero-order valence-electron chi connectivity index (χ0n) is 12.7. The largest absolute Gasteiger partial charge is 0.461 e. The van der Waals surface area contributed by atoms with Gasteiger partial charge in [-0.15, -0.1) is 0 Å². The first-order chi connectivity index (χ1) is 10.9. The van der Waals surface area contributed by atoms with E-state index >= 15 is 0 Å². The Balaban J connectivity index is 1.62. The van der Waals surface area contributed by atoms with E-state index in [-0.39, 0.29) is 22.5 Å². The second kappa shape index (κ2) is 5.04. The number of hydrogen-bond acceptors (Lipinski definition) is 6. The highest BCUT2D eigenvalue weighted by Crippen LogP contribution is 2.28. The Hall–Kier alpha value is -1.93. The topological polar surface area (TPSA) is 92.5 Å². The lowest BCUT2D eigenvalue weighted by molar-refractivity contribution is 0.0919. The summed E-state index contributed by atoms with van der Waals surface area (Å²) >= 11 is 0. The summed E-state index contributed by atoms with van der Waals surface area (Å²) in [7, 11) is -3.42. The van der Waals surface area contributed by atoms with E-state index in [1.165, 1.54) is 18.5 Å². The molecule has 8 heteroatoms. The molecule has 0 radical (unpaired) electrons. The zero-order valence-corrected chi connectivity index (χ0v) is 13.5. The van der Waals surface area contributed by atoms with Crippen LogP contribution < -0.4 is 5.32 Å². The average molecular weight is 335 g/mol. The fourth-order valence-corrected chi connectivity index (χ4v) is 4.29. The molecule has 0 aromatic carbocycles. The van der Waals surface area contributed by atoms with Crippen molar-refractivity contribution in [3.05, 3.63) is 24.2 Å². The number of carbonyl (C=O) groups is 1. The molecule has 3 atom stereocenters. The van der Waals surface area contributed by atoms with Gasteiger partial charge in [-0.25, -0.2) is 13.4 Å². The highest BCUT2D eigenvalue weighted by Gasteiger charge is 2.38. The fraction of sp³-hybridized carbons (Fsp3) is 0.467. The van der Waals surface area contributed by atoms with E-state index in [1.807, 2.05) is 0 Å². The van der Waals surface area contributed by atoms with Gasteiger partial charge in [-0.3, -0.25) is 4.79 Å². The summed E-state index contributed by atoms with van der Waals surface area (Å²) in [5.41, 5.74) is 0.564. The van der Waals surface area contributed by atoms with Crippen molar-refractivity contribution in [2.24, 2.45) is 5.92 Å². The van der Waals surface area contributed by atoms with Crippen LogP contribution in [0.25, 0.3) is 11.0 Å². The molecular weight excluding hydrogens is 318 g/mol. The Kier molecular flexibility index (Phi) is 3.21. The van der Waals surface area contributed by atoms with Crippen molar-refractivity contribution in [1.82, 2.24) is 15.2 Å². The van der Waals surface area contributed by atoms with E-state index in [1.54, 1.807) is 0 Å². The van der Waals surface area contributed by atoms with Gasteiger partial charge in [0.25, 0.3) is 5.91 Å². The van der Waals surface area contributed by atoms with E-state index < -0.39 is 9.84 Å². The normalized spacial score (nSPS) is 26.7. The molecule has 2 aliphatic heterocycles. The molecular formula is C15H17N3O4S. The Morgan fingerprint density at radius 1 is 1.43 bits per heavy atom. The summed E-state index contributed by atoms with van der Waals surface area (Å²) in [6, 6.07) is 1.63. The number of fused-ring (bicyclic) bond motifs is 3. The third-order valence-electron chi connectivity index (χ3n) is 4.71. The number of sulfone groups is 1. The van der Waals surface area contributed by atoms with Crippen molar-refractivity contribution in [3.63, 3.8) is 0 Å². The molecule has 0 spiro atoms. The van der Waals surface area contributed by atoms with Crippen molar-refractivity contribution in [3.8, 4) is 0 Å². The van der Waals surface area contributed by atoms with Gasteiger partial charge in [0, 0.05) is 30.8 Å². The molecule has 122 valence electrons. The molecule has 2 fully saturated rings. The SMILES string of the molecule is CS(=O)(=O)c1coc2cnc(C(=O)NC3CN4CC[C@H]3C4)cc12. The molecule has 2 saturated heterocycles. The molecule has 0 aliphatic carbocycles. The summed E-state index contributed by atoms with van der Waals surface area (Å²) in [5.74, 6) is 0.231. The minimum Gasteiger partial charge on any atom is -0.461 e. The number of rotatable bonds is 3. The number of amides is 1. The van der Waals surface area contributed by atoms with Crippen LogP contribution in [0.2, 0.25) is 0 Å². The molecule has 2 bridgehead atoms. The molecule has 1 N–H and O–H groups in total. The highest BCUT2D eigenvalue weighted by atomic mass is 32.2. The third kappa shape index (κ3) is 2.51. The summed E-state index contributed by atoms with van der Waals surface area (Å²) in [6.07, 6.45) is 4.80. The van der Waals surface area contributed by atoms with Gasteiger partial charge < -0.3 is 14.6 Å². The Bertz CT molecular complexity index is 889. The maximum atomic E-state index is 12.4. The van der Waals surface area contributed by atoms with Crippen molar-refractivity contribution in [2.75, 3.05) is 25.9 Å². The quantitative estimate of drug-likeness (QED) is 0.886. The smallest absolute Gasteiger partial charge is 0.270 e. The molecule has 0 saturated carbocycles. The van der Waals surface area contributed by atoms with Gasteiger partial charge in [0.2, 0.25) is 0 Å².